The number of methoxy groups -OCH3 is 1. The number of ether oxygens (including phenoxy) is 1. The van der Waals surface area contributed by atoms with Gasteiger partial charge in [-0.15, -0.1) is 0 Å². The van der Waals surface area contributed by atoms with Crippen LogP contribution >= 0.6 is 11.6 Å². The number of aryl methyl sites for hydroxylation is 1. The zero-order chi connectivity index (χ0) is 22.4. The summed E-state index contributed by atoms with van der Waals surface area (Å²) in [5.74, 6) is -1.89. The van der Waals surface area contributed by atoms with Gasteiger partial charge in [-0.2, -0.15) is 0 Å². The summed E-state index contributed by atoms with van der Waals surface area (Å²) in [6.45, 7) is 2.62. The molecule has 0 aliphatic carbocycles. The molecule has 0 radical (unpaired) electrons. The number of fused-ring (bicyclic) bond motifs is 7. The average molecular weight is 452 g/mol. The van der Waals surface area contributed by atoms with Gasteiger partial charge in [0, 0.05) is 22.3 Å². The summed E-state index contributed by atoms with van der Waals surface area (Å²) in [7, 11) is 1.49. The molecule has 1 spiro atoms. The molecule has 0 unspecified atom stereocenters. The maximum Gasteiger partial charge on any atom is 0.250 e. The summed E-state index contributed by atoms with van der Waals surface area (Å²) in [6.07, 6.45) is 1.66. The molecule has 164 valence electrons. The predicted octanol–water partition coefficient (Wildman–Crippen LogP) is 3.09. The molecule has 0 saturated carbocycles. The summed E-state index contributed by atoms with van der Waals surface area (Å²) >= 11 is 6.21. The van der Waals surface area contributed by atoms with Crippen LogP contribution in [0.2, 0.25) is 5.02 Å². The lowest BCUT2D eigenvalue weighted by molar-refractivity contribution is -0.135. The van der Waals surface area contributed by atoms with Crippen molar-refractivity contribution in [1.82, 2.24) is 4.90 Å². The third-order valence-corrected chi connectivity index (χ3v) is 7.85. The maximum absolute atomic E-state index is 14.0. The van der Waals surface area contributed by atoms with Crippen LogP contribution in [0.4, 0.5) is 11.4 Å². The van der Waals surface area contributed by atoms with Crippen molar-refractivity contribution < 1.29 is 19.1 Å². The van der Waals surface area contributed by atoms with Crippen molar-refractivity contribution in [1.29, 1.82) is 0 Å². The van der Waals surface area contributed by atoms with E-state index in [1.54, 1.807) is 18.2 Å². The molecule has 4 heterocycles. The van der Waals surface area contributed by atoms with Crippen molar-refractivity contribution in [3.05, 3.63) is 52.5 Å². The van der Waals surface area contributed by atoms with E-state index in [2.05, 4.69) is 10.2 Å². The van der Waals surface area contributed by atoms with E-state index in [1.165, 1.54) is 12.0 Å². The number of para-hydroxylation sites is 1. The van der Waals surface area contributed by atoms with Crippen LogP contribution in [0, 0.1) is 18.8 Å². The number of nitrogens with zero attached hydrogens (tertiary/aromatic N) is 2. The highest BCUT2D eigenvalue weighted by molar-refractivity contribution is 6.32. The van der Waals surface area contributed by atoms with E-state index in [4.69, 9.17) is 16.3 Å². The lowest BCUT2D eigenvalue weighted by atomic mass is 9.75. The molecule has 3 amide bonds. The van der Waals surface area contributed by atoms with Crippen LogP contribution in [0.3, 0.4) is 0 Å². The van der Waals surface area contributed by atoms with Gasteiger partial charge in [0.15, 0.2) is 0 Å². The van der Waals surface area contributed by atoms with Crippen LogP contribution < -0.4 is 15.0 Å². The fourth-order valence-corrected chi connectivity index (χ4v) is 6.62. The first-order chi connectivity index (χ1) is 15.4. The number of amides is 3. The third-order valence-electron chi connectivity index (χ3n) is 7.62. The Morgan fingerprint density at radius 1 is 1.16 bits per heavy atom. The van der Waals surface area contributed by atoms with Gasteiger partial charge in [0.2, 0.25) is 17.7 Å². The van der Waals surface area contributed by atoms with Crippen molar-refractivity contribution in [3.8, 4) is 5.75 Å². The van der Waals surface area contributed by atoms with E-state index in [9.17, 15) is 14.4 Å². The summed E-state index contributed by atoms with van der Waals surface area (Å²) in [6, 6.07) is 10.5. The molecule has 0 aromatic heterocycles. The molecule has 2 aromatic rings. The first kappa shape index (κ1) is 19.8. The van der Waals surface area contributed by atoms with Crippen LogP contribution in [-0.2, 0) is 19.9 Å². The first-order valence-electron chi connectivity index (χ1n) is 10.8. The summed E-state index contributed by atoms with van der Waals surface area (Å²) in [5, 5.41) is 3.44. The van der Waals surface area contributed by atoms with Crippen LogP contribution in [0.15, 0.2) is 36.4 Å². The minimum Gasteiger partial charge on any atom is -0.495 e. The number of carbonyl (C=O) groups is 3. The van der Waals surface area contributed by atoms with Gasteiger partial charge in [-0.3, -0.25) is 19.3 Å². The minimum atomic E-state index is -1.18. The molecule has 0 bridgehead atoms. The standard InChI is InChI=1S/C24H22ClN3O4/c1-12-5-3-6-14-20(12)26-23(31)24(14)19-18(15-7-4-10-27(15)24)21(29)28(22(19)30)16-11-13(25)8-9-17(16)32-2/h3,5-6,8-9,11,15,18-19H,4,7,10H2,1-2H3,(H,26,31)/t15-,18+,19+,24+/m0/s1. The van der Waals surface area contributed by atoms with Crippen LogP contribution in [0.5, 0.6) is 5.75 Å². The van der Waals surface area contributed by atoms with E-state index >= 15 is 0 Å². The molecular formula is C24H22ClN3O4. The number of rotatable bonds is 2. The average Bonchev–Trinajstić information content (AvgIpc) is 3.47. The van der Waals surface area contributed by atoms with Gasteiger partial charge < -0.3 is 10.1 Å². The molecule has 2 aromatic carbocycles. The van der Waals surface area contributed by atoms with Gasteiger partial charge in [-0.1, -0.05) is 29.8 Å². The SMILES string of the molecule is COc1ccc(Cl)cc1N1C(=O)[C@@H]2[C@@H]3CCCN3[C@@]3(C(=O)Nc4c(C)cccc43)[C@H]2C1=O. The third kappa shape index (κ3) is 2.18. The second-order valence-electron chi connectivity index (χ2n) is 8.95. The number of anilines is 2. The first-order valence-corrected chi connectivity index (χ1v) is 11.2. The van der Waals surface area contributed by atoms with E-state index < -0.39 is 17.4 Å². The second kappa shape index (κ2) is 6.56. The molecule has 6 rings (SSSR count). The van der Waals surface area contributed by atoms with Crippen molar-refractivity contribution in [3.63, 3.8) is 0 Å². The van der Waals surface area contributed by atoms with Gasteiger partial charge >= 0.3 is 0 Å². The molecule has 4 atom stereocenters. The van der Waals surface area contributed by atoms with E-state index in [-0.39, 0.29) is 23.8 Å². The molecule has 32 heavy (non-hydrogen) atoms. The van der Waals surface area contributed by atoms with E-state index in [1.807, 2.05) is 25.1 Å². The highest BCUT2D eigenvalue weighted by Crippen LogP contribution is 2.61. The molecule has 7 nitrogen and oxygen atoms in total. The van der Waals surface area contributed by atoms with Crippen molar-refractivity contribution in [2.45, 2.75) is 31.3 Å². The van der Waals surface area contributed by atoms with E-state index in [0.29, 0.717) is 23.0 Å². The fourth-order valence-electron chi connectivity index (χ4n) is 6.45. The van der Waals surface area contributed by atoms with Gasteiger partial charge in [0.1, 0.15) is 11.3 Å². The van der Waals surface area contributed by atoms with Crippen molar-refractivity contribution in [2.75, 3.05) is 23.9 Å². The Balaban J connectivity index is 1.57. The molecule has 1 N–H and O–H groups in total. The Morgan fingerprint density at radius 2 is 1.97 bits per heavy atom. The number of halogens is 1. The number of hydrogen-bond donors (Lipinski definition) is 1. The Hall–Kier alpha value is -2.90. The highest BCUT2D eigenvalue weighted by Gasteiger charge is 2.74. The Labute approximate surface area is 190 Å². The Kier molecular flexibility index (Phi) is 4.05. The zero-order valence-corrected chi connectivity index (χ0v) is 18.5. The summed E-state index contributed by atoms with van der Waals surface area (Å²) < 4.78 is 5.43. The predicted molar refractivity (Wildman–Crippen MR) is 119 cm³/mol. The fraction of sp³-hybridized carbons (Fsp3) is 0.375. The lowest BCUT2D eigenvalue weighted by Crippen LogP contribution is -2.54. The Bertz CT molecular complexity index is 1210. The quantitative estimate of drug-likeness (QED) is 0.710. The van der Waals surface area contributed by atoms with Crippen molar-refractivity contribution >= 4 is 40.7 Å². The van der Waals surface area contributed by atoms with Gasteiger partial charge in [-0.05, 0) is 50.1 Å². The topological polar surface area (TPSA) is 79.0 Å². The van der Waals surface area contributed by atoms with Gasteiger partial charge in [-0.25, -0.2) is 4.90 Å². The molecular weight excluding hydrogens is 430 g/mol. The van der Waals surface area contributed by atoms with Gasteiger partial charge in [0.25, 0.3) is 0 Å². The van der Waals surface area contributed by atoms with Gasteiger partial charge in [0.05, 0.1) is 24.6 Å². The lowest BCUT2D eigenvalue weighted by Gasteiger charge is -2.36. The smallest absolute Gasteiger partial charge is 0.250 e. The summed E-state index contributed by atoms with van der Waals surface area (Å²) in [5.41, 5.74) is 1.63. The minimum absolute atomic E-state index is 0.163. The largest absolute Gasteiger partial charge is 0.495 e. The summed E-state index contributed by atoms with van der Waals surface area (Å²) in [4.78, 5) is 44.8. The number of benzene rings is 2. The number of hydrogen-bond acceptors (Lipinski definition) is 5. The Morgan fingerprint density at radius 3 is 2.75 bits per heavy atom. The van der Waals surface area contributed by atoms with Crippen LogP contribution in [-0.4, -0.2) is 42.3 Å². The number of nitrogens with one attached hydrogen (secondary N) is 1. The normalized spacial score (nSPS) is 30.7. The molecule has 8 heteroatoms. The number of carbonyl (C=O) groups excluding carboxylic acids is 3. The van der Waals surface area contributed by atoms with E-state index in [0.717, 1.165) is 29.7 Å². The molecule has 3 saturated heterocycles. The number of imide groups is 1. The van der Waals surface area contributed by atoms with Crippen molar-refractivity contribution in [2.24, 2.45) is 11.8 Å². The monoisotopic (exact) mass is 451 g/mol. The second-order valence-corrected chi connectivity index (χ2v) is 9.39. The molecule has 4 aliphatic rings. The zero-order valence-electron chi connectivity index (χ0n) is 17.7. The highest BCUT2D eigenvalue weighted by atomic mass is 35.5. The molecule has 4 aliphatic heterocycles. The van der Waals surface area contributed by atoms with Crippen LogP contribution in [0.25, 0.3) is 0 Å². The molecule has 3 fully saturated rings. The van der Waals surface area contributed by atoms with Crippen LogP contribution in [0.1, 0.15) is 24.0 Å². The maximum atomic E-state index is 14.0.